The van der Waals surface area contributed by atoms with Crippen molar-refractivity contribution in [3.63, 3.8) is 0 Å². The van der Waals surface area contributed by atoms with Crippen molar-refractivity contribution in [2.75, 3.05) is 13.2 Å². The molecule has 2 heterocycles. The van der Waals surface area contributed by atoms with Crippen LogP contribution in [0.3, 0.4) is 0 Å². The Morgan fingerprint density at radius 1 is 1.22 bits per heavy atom. The summed E-state index contributed by atoms with van der Waals surface area (Å²) in [5, 5.41) is 12.1. The molecular weight excluding hydrogens is 340 g/mol. The molecule has 2 unspecified atom stereocenters. The van der Waals surface area contributed by atoms with Gasteiger partial charge in [-0.15, -0.1) is 0 Å². The van der Waals surface area contributed by atoms with Crippen LogP contribution < -0.4 is 0 Å². The standard InChI is InChI=1S/C21H34O4.C2H6/c1-4-15-12-16-17-19(2,18(22)25-16)8-5-9-20(17,3)21(15,23)10-6-14-7-11-24-13-14;1-2/h14-17,23H,4-13H2,1-3H3;1-2H3/t14?,15-,16-,17?,19+,20-,21-;/m1./s1. The maximum atomic E-state index is 12.7. The highest BCUT2D eigenvalue weighted by atomic mass is 16.6. The summed E-state index contributed by atoms with van der Waals surface area (Å²) >= 11 is 0. The highest BCUT2D eigenvalue weighted by molar-refractivity contribution is 5.80. The molecule has 0 spiro atoms. The quantitative estimate of drug-likeness (QED) is 0.717. The summed E-state index contributed by atoms with van der Waals surface area (Å²) in [5.74, 6) is 0.944. The molecule has 2 saturated carbocycles. The Bertz CT molecular complexity index is 542. The Hall–Kier alpha value is -0.610. The second-order valence-corrected chi connectivity index (χ2v) is 9.64. The molecular formula is C23H40O4. The van der Waals surface area contributed by atoms with Gasteiger partial charge in [-0.3, -0.25) is 4.79 Å². The first-order valence-corrected chi connectivity index (χ1v) is 11.4. The highest BCUT2D eigenvalue weighted by Gasteiger charge is 2.71. The van der Waals surface area contributed by atoms with Gasteiger partial charge in [0.15, 0.2) is 0 Å². The number of carbonyl (C=O) groups is 1. The van der Waals surface area contributed by atoms with Crippen LogP contribution in [0.4, 0.5) is 0 Å². The number of rotatable bonds is 4. The van der Waals surface area contributed by atoms with E-state index in [1.54, 1.807) is 0 Å². The first kappa shape index (κ1) is 21.1. The Balaban J connectivity index is 0.00000102. The molecule has 27 heavy (non-hydrogen) atoms. The first-order chi connectivity index (χ1) is 12.8. The third-order valence-electron chi connectivity index (χ3n) is 8.49. The van der Waals surface area contributed by atoms with E-state index >= 15 is 0 Å². The number of hydrogen-bond donors (Lipinski definition) is 1. The fourth-order valence-corrected chi connectivity index (χ4v) is 7.07. The van der Waals surface area contributed by atoms with E-state index in [0.717, 1.165) is 64.6 Å². The molecule has 4 fully saturated rings. The molecule has 4 heteroatoms. The summed E-state index contributed by atoms with van der Waals surface area (Å²) in [6.07, 6.45) is 7.70. The molecule has 2 saturated heterocycles. The third kappa shape index (κ3) is 3.06. The van der Waals surface area contributed by atoms with Crippen LogP contribution in [0.15, 0.2) is 0 Å². The molecule has 1 N–H and O–H groups in total. The van der Waals surface area contributed by atoms with Crippen molar-refractivity contribution in [1.82, 2.24) is 0 Å². The van der Waals surface area contributed by atoms with E-state index in [9.17, 15) is 9.90 Å². The largest absolute Gasteiger partial charge is 0.462 e. The first-order valence-electron chi connectivity index (χ1n) is 11.4. The average Bonchev–Trinajstić information content (AvgIpc) is 3.26. The maximum Gasteiger partial charge on any atom is 0.312 e. The summed E-state index contributed by atoms with van der Waals surface area (Å²) in [4.78, 5) is 12.7. The van der Waals surface area contributed by atoms with Gasteiger partial charge in [0.1, 0.15) is 6.10 Å². The lowest BCUT2D eigenvalue weighted by molar-refractivity contribution is -0.223. The SMILES string of the molecule is CC.CC[C@@H]1C[C@H]2OC(=O)[C@@]3(C)CCC[C@](C)(C23)[C@@]1(O)CCC1CCOC1. The van der Waals surface area contributed by atoms with Crippen LogP contribution in [-0.4, -0.2) is 36.0 Å². The summed E-state index contributed by atoms with van der Waals surface area (Å²) in [6, 6.07) is 0. The smallest absolute Gasteiger partial charge is 0.312 e. The van der Waals surface area contributed by atoms with E-state index in [-0.39, 0.29) is 29.3 Å². The van der Waals surface area contributed by atoms with E-state index < -0.39 is 11.0 Å². The van der Waals surface area contributed by atoms with Gasteiger partial charge in [0, 0.05) is 24.5 Å². The molecule has 0 aromatic heterocycles. The van der Waals surface area contributed by atoms with E-state index in [2.05, 4.69) is 20.8 Å². The van der Waals surface area contributed by atoms with Gasteiger partial charge in [-0.25, -0.2) is 0 Å². The summed E-state index contributed by atoms with van der Waals surface area (Å²) < 4.78 is 11.4. The van der Waals surface area contributed by atoms with Gasteiger partial charge in [0.25, 0.3) is 0 Å². The van der Waals surface area contributed by atoms with Crippen LogP contribution in [-0.2, 0) is 14.3 Å². The third-order valence-corrected chi connectivity index (χ3v) is 8.49. The van der Waals surface area contributed by atoms with Crippen LogP contribution in [0.2, 0.25) is 0 Å². The fraction of sp³-hybridized carbons (Fsp3) is 0.957. The normalized spacial score (nSPS) is 48.4. The lowest BCUT2D eigenvalue weighted by atomic mass is 9.43. The van der Waals surface area contributed by atoms with Gasteiger partial charge in [0.2, 0.25) is 0 Å². The maximum absolute atomic E-state index is 12.7. The lowest BCUT2D eigenvalue weighted by Gasteiger charge is -2.62. The average molecular weight is 381 g/mol. The van der Waals surface area contributed by atoms with Crippen LogP contribution >= 0.6 is 0 Å². The highest BCUT2D eigenvalue weighted by Crippen LogP contribution is 2.67. The van der Waals surface area contributed by atoms with Gasteiger partial charge < -0.3 is 14.6 Å². The van der Waals surface area contributed by atoms with Crippen LogP contribution in [0.5, 0.6) is 0 Å². The van der Waals surface area contributed by atoms with Crippen molar-refractivity contribution >= 4 is 5.97 Å². The van der Waals surface area contributed by atoms with Crippen molar-refractivity contribution in [3.8, 4) is 0 Å². The van der Waals surface area contributed by atoms with Gasteiger partial charge >= 0.3 is 5.97 Å². The molecule has 0 bridgehead atoms. The van der Waals surface area contributed by atoms with Crippen molar-refractivity contribution in [2.24, 2.45) is 28.6 Å². The molecule has 4 rings (SSSR count). The molecule has 7 atom stereocenters. The van der Waals surface area contributed by atoms with Crippen molar-refractivity contribution < 1.29 is 19.4 Å². The summed E-state index contributed by atoms with van der Waals surface area (Å²) in [6.45, 7) is 12.2. The van der Waals surface area contributed by atoms with E-state index in [1.807, 2.05) is 13.8 Å². The fourth-order valence-electron chi connectivity index (χ4n) is 7.07. The van der Waals surface area contributed by atoms with E-state index in [4.69, 9.17) is 9.47 Å². The van der Waals surface area contributed by atoms with E-state index in [0.29, 0.717) is 5.92 Å². The lowest BCUT2D eigenvalue weighted by Crippen LogP contribution is -2.65. The van der Waals surface area contributed by atoms with Gasteiger partial charge in [-0.1, -0.05) is 40.5 Å². The Kier molecular flexibility index (Phi) is 5.99. The van der Waals surface area contributed by atoms with E-state index in [1.165, 1.54) is 0 Å². The molecule has 4 nitrogen and oxygen atoms in total. The zero-order valence-electron chi connectivity index (χ0n) is 18.1. The minimum atomic E-state index is -0.693. The van der Waals surface area contributed by atoms with Gasteiger partial charge in [0.05, 0.1) is 11.0 Å². The molecule has 0 amide bonds. The van der Waals surface area contributed by atoms with Crippen LogP contribution in [0, 0.1) is 28.6 Å². The number of aliphatic hydroxyl groups is 1. The Morgan fingerprint density at radius 3 is 2.59 bits per heavy atom. The van der Waals surface area contributed by atoms with Crippen molar-refractivity contribution in [3.05, 3.63) is 0 Å². The zero-order valence-corrected chi connectivity index (χ0v) is 18.1. The summed E-state index contributed by atoms with van der Waals surface area (Å²) in [5.41, 5.74) is -1.32. The zero-order chi connectivity index (χ0) is 19.9. The minimum Gasteiger partial charge on any atom is -0.462 e. The molecule has 2 aliphatic carbocycles. The molecule has 4 aliphatic rings. The second-order valence-electron chi connectivity index (χ2n) is 9.64. The number of esters is 1. The summed E-state index contributed by atoms with van der Waals surface area (Å²) in [7, 11) is 0. The van der Waals surface area contributed by atoms with Crippen LogP contribution in [0.25, 0.3) is 0 Å². The number of carbonyl (C=O) groups excluding carboxylic acids is 1. The Morgan fingerprint density at radius 2 is 1.96 bits per heavy atom. The van der Waals surface area contributed by atoms with Crippen molar-refractivity contribution in [1.29, 1.82) is 0 Å². The number of ether oxygens (including phenoxy) is 2. The van der Waals surface area contributed by atoms with Gasteiger partial charge in [-0.2, -0.15) is 0 Å². The minimum absolute atomic E-state index is 0.00263. The molecule has 156 valence electrons. The number of hydrogen-bond acceptors (Lipinski definition) is 4. The van der Waals surface area contributed by atoms with Gasteiger partial charge in [-0.05, 0) is 57.3 Å². The van der Waals surface area contributed by atoms with Crippen LogP contribution in [0.1, 0.15) is 86.0 Å². The molecule has 0 radical (unpaired) electrons. The topological polar surface area (TPSA) is 55.8 Å². The predicted molar refractivity (Wildman–Crippen MR) is 106 cm³/mol. The Labute approximate surface area is 165 Å². The van der Waals surface area contributed by atoms with Crippen molar-refractivity contribution in [2.45, 2.75) is 97.7 Å². The monoisotopic (exact) mass is 380 g/mol. The predicted octanol–water partition coefficient (Wildman–Crippen LogP) is 4.73. The molecule has 0 aromatic carbocycles. The molecule has 2 aliphatic heterocycles. The molecule has 0 aromatic rings. The second kappa shape index (κ2) is 7.67.